The molecule has 23 heavy (non-hydrogen) atoms. The highest BCUT2D eigenvalue weighted by Crippen LogP contribution is 2.09. The summed E-state index contributed by atoms with van der Waals surface area (Å²) in [6.07, 6.45) is 2.78. The summed E-state index contributed by atoms with van der Waals surface area (Å²) in [5, 5.41) is 2.32. The molecule has 0 unspecified atom stereocenters. The Kier molecular flexibility index (Phi) is 6.91. The molecule has 1 heterocycles. The quantitative estimate of drug-likeness (QED) is 0.575. The van der Waals surface area contributed by atoms with Gasteiger partial charge in [0.25, 0.3) is 0 Å². The lowest BCUT2D eigenvalue weighted by molar-refractivity contribution is -0.150. The van der Waals surface area contributed by atoms with Crippen LogP contribution in [-0.2, 0) is 19.1 Å². The molecule has 0 aliphatic carbocycles. The molecule has 0 aromatic carbocycles. The fraction of sp³-hybridized carbons (Fsp3) is 0.500. The number of nitrogens with one attached hydrogen (secondary N) is 1. The van der Waals surface area contributed by atoms with E-state index in [1.807, 2.05) is 6.92 Å². The Morgan fingerprint density at radius 3 is 2.30 bits per heavy atom. The van der Waals surface area contributed by atoms with Crippen LogP contribution >= 0.6 is 0 Å². The monoisotopic (exact) mass is 323 g/mol. The second kappa shape index (κ2) is 8.66. The first-order valence-corrected chi connectivity index (χ1v) is 7.07. The van der Waals surface area contributed by atoms with Crippen molar-refractivity contribution < 1.29 is 19.1 Å². The van der Waals surface area contributed by atoms with E-state index in [2.05, 4.69) is 20.0 Å². The minimum Gasteiger partial charge on any atom is -0.462 e. The Labute approximate surface area is 134 Å². The predicted molar refractivity (Wildman–Crippen MR) is 83.9 cm³/mol. The van der Waals surface area contributed by atoms with Crippen LogP contribution in [0.5, 0.6) is 0 Å². The van der Waals surface area contributed by atoms with E-state index in [4.69, 9.17) is 0 Å². The van der Waals surface area contributed by atoms with Crippen molar-refractivity contribution >= 4 is 29.4 Å². The molecule has 1 N–H and O–H groups in total. The van der Waals surface area contributed by atoms with Crippen LogP contribution in [0.25, 0.3) is 0 Å². The zero-order valence-corrected chi connectivity index (χ0v) is 13.7. The van der Waals surface area contributed by atoms with Crippen LogP contribution in [-0.4, -0.2) is 66.4 Å². The minimum atomic E-state index is -0.991. The lowest BCUT2D eigenvalue weighted by Gasteiger charge is -2.23. The predicted octanol–water partition coefficient (Wildman–Crippen LogP) is -0.107. The van der Waals surface area contributed by atoms with Crippen molar-refractivity contribution in [3.8, 4) is 0 Å². The van der Waals surface area contributed by atoms with Gasteiger partial charge in [-0.1, -0.05) is 0 Å². The van der Waals surface area contributed by atoms with Gasteiger partial charge in [0.05, 0.1) is 25.2 Å². The van der Waals surface area contributed by atoms with Crippen molar-refractivity contribution in [3.63, 3.8) is 0 Å². The van der Waals surface area contributed by atoms with E-state index in [9.17, 15) is 14.4 Å². The number of nitrogens with zero attached hydrogens (tertiary/aromatic N) is 4. The summed E-state index contributed by atoms with van der Waals surface area (Å²) < 4.78 is 4.30. The van der Waals surface area contributed by atoms with E-state index in [1.54, 1.807) is 16.8 Å². The Morgan fingerprint density at radius 1 is 1.22 bits per heavy atom. The molecule has 0 atom stereocenters. The van der Waals surface area contributed by atoms with Crippen molar-refractivity contribution in [2.45, 2.75) is 13.8 Å². The van der Waals surface area contributed by atoms with Gasteiger partial charge in [0.15, 0.2) is 0 Å². The number of esters is 1. The molecule has 1 aromatic rings. The van der Waals surface area contributed by atoms with Gasteiger partial charge in [-0.05, 0) is 6.92 Å². The first-order valence-electron chi connectivity index (χ1n) is 7.07. The number of carbonyl (C=O) groups is 3. The number of anilines is 2. The third kappa shape index (κ3) is 5.53. The van der Waals surface area contributed by atoms with Gasteiger partial charge in [0.2, 0.25) is 11.9 Å². The lowest BCUT2D eigenvalue weighted by atomic mass is 10.4. The molecule has 0 spiro atoms. The minimum absolute atomic E-state index is 0.0164. The van der Waals surface area contributed by atoms with E-state index in [-0.39, 0.29) is 11.6 Å². The molecule has 0 saturated heterocycles. The smallest absolute Gasteiger partial charge is 0.396 e. The van der Waals surface area contributed by atoms with Crippen LogP contribution in [0.1, 0.15) is 13.8 Å². The number of carbonyl (C=O) groups excluding carboxylic acids is 3. The van der Waals surface area contributed by atoms with Gasteiger partial charge in [-0.25, -0.2) is 14.8 Å². The highest BCUT2D eigenvalue weighted by molar-refractivity contribution is 6.37. The second-order valence-electron chi connectivity index (χ2n) is 4.74. The van der Waals surface area contributed by atoms with Crippen LogP contribution in [0, 0.1) is 0 Å². The van der Waals surface area contributed by atoms with Crippen molar-refractivity contribution in [1.82, 2.24) is 14.9 Å². The number of methoxy groups -OCH3 is 1. The SMILES string of the molecule is CCN(CCN(C)c1ncc(NC(=O)C(=O)OC)cn1)C(C)=O. The molecule has 0 aliphatic heterocycles. The van der Waals surface area contributed by atoms with Gasteiger partial charge >= 0.3 is 11.9 Å². The number of hydrogen-bond acceptors (Lipinski definition) is 7. The third-order valence-electron chi connectivity index (χ3n) is 3.14. The Hall–Kier alpha value is -2.71. The highest BCUT2D eigenvalue weighted by Gasteiger charge is 2.14. The summed E-state index contributed by atoms with van der Waals surface area (Å²) in [7, 11) is 2.92. The fourth-order valence-electron chi connectivity index (χ4n) is 1.77. The fourth-order valence-corrected chi connectivity index (χ4v) is 1.77. The molecule has 1 rings (SSSR count). The van der Waals surface area contributed by atoms with Crippen molar-refractivity contribution in [1.29, 1.82) is 0 Å². The standard InChI is InChI=1S/C14H21N5O4/c1-5-19(10(2)20)7-6-18(3)14-15-8-11(9-16-14)17-12(21)13(22)23-4/h8-9H,5-7H2,1-4H3,(H,17,21). The maximum absolute atomic E-state index is 11.3. The summed E-state index contributed by atoms with van der Waals surface area (Å²) in [4.78, 5) is 45.4. The number of hydrogen-bond donors (Lipinski definition) is 1. The number of likely N-dealkylation sites (N-methyl/N-ethyl adjacent to an activating group) is 2. The van der Waals surface area contributed by atoms with E-state index < -0.39 is 11.9 Å². The van der Waals surface area contributed by atoms with Crippen molar-refractivity contribution in [2.75, 3.05) is 44.0 Å². The van der Waals surface area contributed by atoms with Gasteiger partial charge < -0.3 is 19.9 Å². The first kappa shape index (κ1) is 18.3. The summed E-state index contributed by atoms with van der Waals surface area (Å²) >= 11 is 0. The van der Waals surface area contributed by atoms with Crippen molar-refractivity contribution in [2.24, 2.45) is 0 Å². The maximum Gasteiger partial charge on any atom is 0.396 e. The Bertz CT molecular complexity index is 561. The lowest BCUT2D eigenvalue weighted by Crippen LogP contribution is -2.36. The molecular formula is C14H21N5O4. The number of aromatic nitrogens is 2. The van der Waals surface area contributed by atoms with Crippen LogP contribution in [0.2, 0.25) is 0 Å². The topological polar surface area (TPSA) is 105 Å². The molecular weight excluding hydrogens is 302 g/mol. The summed E-state index contributed by atoms with van der Waals surface area (Å²) in [5.41, 5.74) is 0.288. The molecule has 9 heteroatoms. The molecule has 0 radical (unpaired) electrons. The van der Waals surface area contributed by atoms with E-state index in [1.165, 1.54) is 19.3 Å². The van der Waals surface area contributed by atoms with Gasteiger partial charge in [-0.3, -0.25) is 9.59 Å². The summed E-state index contributed by atoms with van der Waals surface area (Å²) in [6.45, 7) is 5.21. The van der Waals surface area contributed by atoms with E-state index >= 15 is 0 Å². The molecule has 1 aromatic heterocycles. The normalized spacial score (nSPS) is 9.91. The molecule has 0 aliphatic rings. The van der Waals surface area contributed by atoms with Gasteiger partial charge in [-0.15, -0.1) is 0 Å². The average Bonchev–Trinajstić information content (AvgIpc) is 2.54. The maximum atomic E-state index is 11.3. The van der Waals surface area contributed by atoms with Gasteiger partial charge in [0.1, 0.15) is 0 Å². The largest absolute Gasteiger partial charge is 0.462 e. The van der Waals surface area contributed by atoms with E-state index in [0.29, 0.717) is 25.6 Å². The molecule has 9 nitrogen and oxygen atoms in total. The second-order valence-corrected chi connectivity index (χ2v) is 4.74. The molecule has 126 valence electrons. The summed E-state index contributed by atoms with van der Waals surface area (Å²) in [6, 6.07) is 0. The Morgan fingerprint density at radius 2 is 1.83 bits per heavy atom. The third-order valence-corrected chi connectivity index (χ3v) is 3.14. The molecule has 2 amide bonds. The average molecular weight is 323 g/mol. The zero-order valence-electron chi connectivity index (χ0n) is 13.7. The zero-order chi connectivity index (χ0) is 17.4. The number of amides is 2. The highest BCUT2D eigenvalue weighted by atomic mass is 16.5. The number of rotatable bonds is 6. The van der Waals surface area contributed by atoms with Crippen LogP contribution in [0.4, 0.5) is 11.6 Å². The number of ether oxygens (including phenoxy) is 1. The van der Waals surface area contributed by atoms with Gasteiger partial charge in [-0.2, -0.15) is 0 Å². The van der Waals surface area contributed by atoms with E-state index in [0.717, 1.165) is 7.11 Å². The van der Waals surface area contributed by atoms with Crippen molar-refractivity contribution in [3.05, 3.63) is 12.4 Å². The van der Waals surface area contributed by atoms with Crippen LogP contribution in [0.15, 0.2) is 12.4 Å². The first-order chi connectivity index (χ1) is 10.9. The van der Waals surface area contributed by atoms with Crippen LogP contribution < -0.4 is 10.2 Å². The summed E-state index contributed by atoms with van der Waals surface area (Å²) in [5.74, 6) is -1.42. The molecule has 0 saturated carbocycles. The Balaban J connectivity index is 2.60. The van der Waals surface area contributed by atoms with Crippen LogP contribution in [0.3, 0.4) is 0 Å². The molecule has 0 fully saturated rings. The van der Waals surface area contributed by atoms with Gasteiger partial charge in [0, 0.05) is 33.6 Å². The molecule has 0 bridgehead atoms.